The summed E-state index contributed by atoms with van der Waals surface area (Å²) >= 11 is 0. The number of hydrogen-bond acceptors (Lipinski definition) is 6. The van der Waals surface area contributed by atoms with Gasteiger partial charge in [0, 0.05) is 12.1 Å². The molecule has 0 unspecified atom stereocenters. The summed E-state index contributed by atoms with van der Waals surface area (Å²) in [7, 11) is 1.59. The molecule has 1 heterocycles. The number of aromatic nitrogens is 4. The molecule has 2 aromatic carbocycles. The zero-order valence-corrected chi connectivity index (χ0v) is 22.3. The third-order valence-electron chi connectivity index (χ3n) is 7.76. The fraction of sp³-hybridized carbons (Fsp3) is 0.483. The van der Waals surface area contributed by atoms with Gasteiger partial charge in [-0.15, -0.1) is 10.2 Å². The molecule has 0 aliphatic heterocycles. The van der Waals surface area contributed by atoms with Crippen LogP contribution in [-0.2, 0) is 16.1 Å². The molecular weight excluding hydrogens is 499 g/mol. The van der Waals surface area contributed by atoms with E-state index in [-0.39, 0.29) is 41.8 Å². The number of halogens is 1. The van der Waals surface area contributed by atoms with E-state index >= 15 is 0 Å². The van der Waals surface area contributed by atoms with E-state index in [1.807, 2.05) is 24.3 Å². The lowest BCUT2D eigenvalue weighted by molar-refractivity contribution is -0.144. The predicted octanol–water partition coefficient (Wildman–Crippen LogP) is 4.45. The van der Waals surface area contributed by atoms with Gasteiger partial charge < -0.3 is 15.0 Å². The minimum Gasteiger partial charge on any atom is -0.497 e. The third-order valence-corrected chi connectivity index (χ3v) is 7.76. The van der Waals surface area contributed by atoms with Crippen molar-refractivity contribution in [2.75, 3.05) is 7.11 Å². The molecular formula is C29H35FN6O3. The Hall–Kier alpha value is -3.82. The van der Waals surface area contributed by atoms with Crippen LogP contribution in [0.3, 0.4) is 0 Å². The molecule has 9 nitrogen and oxygen atoms in total. The lowest BCUT2D eigenvalue weighted by Crippen LogP contribution is -2.51. The van der Waals surface area contributed by atoms with Gasteiger partial charge in [-0.05, 0) is 60.7 Å². The van der Waals surface area contributed by atoms with Crippen molar-refractivity contribution in [2.24, 2.45) is 0 Å². The number of tetrazole rings is 1. The molecule has 2 amide bonds. The first-order chi connectivity index (χ1) is 19.0. The maximum absolute atomic E-state index is 14.3. The van der Waals surface area contributed by atoms with Gasteiger partial charge in [0.15, 0.2) is 0 Å². The lowest BCUT2D eigenvalue weighted by Gasteiger charge is -2.37. The first-order valence-electron chi connectivity index (χ1n) is 13.8. The van der Waals surface area contributed by atoms with Crippen LogP contribution in [0.15, 0.2) is 48.5 Å². The Bertz CT molecular complexity index is 1270. The number of hydrogen-bond donors (Lipinski definition) is 1. The normalized spacial score (nSPS) is 17.1. The van der Waals surface area contributed by atoms with Crippen molar-refractivity contribution in [2.45, 2.75) is 82.5 Å². The summed E-state index contributed by atoms with van der Waals surface area (Å²) in [6.07, 6.45) is 8.87. The first-order valence-corrected chi connectivity index (χ1v) is 13.8. The second kappa shape index (κ2) is 12.4. The van der Waals surface area contributed by atoms with Crippen molar-refractivity contribution in [1.29, 1.82) is 0 Å². The Labute approximate surface area is 227 Å². The number of nitrogens with one attached hydrogen (secondary N) is 1. The molecule has 10 heteroatoms. The van der Waals surface area contributed by atoms with Crippen molar-refractivity contribution in [3.8, 4) is 17.1 Å². The van der Waals surface area contributed by atoms with Crippen molar-refractivity contribution in [1.82, 2.24) is 30.4 Å². The highest BCUT2D eigenvalue weighted by atomic mass is 19.1. The zero-order chi connectivity index (χ0) is 27.2. The fourth-order valence-electron chi connectivity index (χ4n) is 5.76. The van der Waals surface area contributed by atoms with Crippen molar-refractivity contribution in [3.05, 3.63) is 59.9 Å². The summed E-state index contributed by atoms with van der Waals surface area (Å²) in [6, 6.07) is 12.7. The molecule has 0 radical (unpaired) electrons. The van der Waals surface area contributed by atoms with Crippen molar-refractivity contribution in [3.63, 3.8) is 0 Å². The van der Waals surface area contributed by atoms with Crippen LogP contribution in [0.5, 0.6) is 5.75 Å². The summed E-state index contributed by atoms with van der Waals surface area (Å²) in [6.45, 7) is -0.207. The first kappa shape index (κ1) is 26.8. The summed E-state index contributed by atoms with van der Waals surface area (Å²) in [5.41, 5.74) is 0.940. The summed E-state index contributed by atoms with van der Waals surface area (Å²) in [5.74, 6) is -0.133. The number of carbonyl (C=O) groups is 2. The number of nitrogens with zero attached hydrogens (tertiary/aromatic N) is 5. The molecule has 2 fully saturated rings. The molecule has 39 heavy (non-hydrogen) atoms. The van der Waals surface area contributed by atoms with E-state index < -0.39 is 11.9 Å². The SMILES string of the molecule is COc1ccc([C@H](C(=O)NC2CCCCC2)N(C(=O)Cn2nnc(-c3ccccc3F)n2)C2CCCC2)cc1. The van der Waals surface area contributed by atoms with Gasteiger partial charge in [0.05, 0.1) is 12.7 Å². The topological polar surface area (TPSA) is 102 Å². The molecule has 1 atom stereocenters. The predicted molar refractivity (Wildman–Crippen MR) is 143 cm³/mol. The second-order valence-corrected chi connectivity index (χ2v) is 10.4. The molecule has 0 saturated heterocycles. The van der Waals surface area contributed by atoms with Crippen LogP contribution in [0.25, 0.3) is 11.4 Å². The number of rotatable bonds is 9. The van der Waals surface area contributed by atoms with E-state index in [2.05, 4.69) is 20.7 Å². The Balaban J connectivity index is 1.44. The van der Waals surface area contributed by atoms with Crippen LogP contribution in [0.2, 0.25) is 0 Å². The Kier molecular flexibility index (Phi) is 8.48. The average molecular weight is 535 g/mol. The molecule has 0 bridgehead atoms. The standard InChI is InChI=1S/C29H35FN6O3/c1-39-23-17-15-20(16-18-23)27(29(38)31-21-9-3-2-4-10-21)36(22-11-5-6-12-22)26(37)19-35-33-28(32-34-35)24-13-7-8-14-25(24)30/h7-8,13-18,21-22,27H,2-6,9-12,19H2,1H3,(H,31,38)/t27-/m1/s1. The van der Waals surface area contributed by atoms with E-state index in [0.29, 0.717) is 5.75 Å². The van der Waals surface area contributed by atoms with Gasteiger partial charge >= 0.3 is 0 Å². The van der Waals surface area contributed by atoms with Crippen molar-refractivity contribution < 1.29 is 18.7 Å². The highest BCUT2D eigenvalue weighted by Gasteiger charge is 2.38. The number of ether oxygens (including phenoxy) is 1. The van der Waals surface area contributed by atoms with Gasteiger partial charge in [0.1, 0.15) is 24.2 Å². The minimum absolute atomic E-state index is 0.0868. The Morgan fingerprint density at radius 2 is 1.72 bits per heavy atom. The van der Waals surface area contributed by atoms with Crippen LogP contribution in [0, 0.1) is 5.82 Å². The van der Waals surface area contributed by atoms with E-state index in [0.717, 1.165) is 56.9 Å². The monoisotopic (exact) mass is 534 g/mol. The third kappa shape index (κ3) is 6.26. The van der Waals surface area contributed by atoms with E-state index in [4.69, 9.17) is 4.74 Å². The summed E-state index contributed by atoms with van der Waals surface area (Å²) in [5, 5.41) is 15.5. The van der Waals surface area contributed by atoms with Gasteiger partial charge in [-0.3, -0.25) is 9.59 Å². The fourth-order valence-corrected chi connectivity index (χ4v) is 5.76. The number of benzene rings is 2. The Morgan fingerprint density at radius 3 is 2.41 bits per heavy atom. The van der Waals surface area contributed by atoms with Gasteiger partial charge in [0.25, 0.3) is 0 Å². The zero-order valence-electron chi connectivity index (χ0n) is 22.3. The maximum Gasteiger partial charge on any atom is 0.247 e. The maximum atomic E-state index is 14.3. The van der Waals surface area contributed by atoms with Gasteiger partial charge in [-0.25, -0.2) is 4.39 Å². The molecule has 206 valence electrons. The number of amides is 2. The lowest BCUT2D eigenvalue weighted by atomic mass is 9.94. The van der Waals surface area contributed by atoms with Crippen molar-refractivity contribution >= 4 is 11.8 Å². The molecule has 1 N–H and O–H groups in total. The van der Waals surface area contributed by atoms with Crippen LogP contribution < -0.4 is 10.1 Å². The molecule has 1 aromatic heterocycles. The average Bonchev–Trinajstić information content (AvgIpc) is 3.65. The van der Waals surface area contributed by atoms with Crippen LogP contribution in [0.4, 0.5) is 4.39 Å². The van der Waals surface area contributed by atoms with Gasteiger partial charge in [0.2, 0.25) is 17.6 Å². The molecule has 0 spiro atoms. The number of methoxy groups -OCH3 is 1. The van der Waals surface area contributed by atoms with E-state index in [1.165, 1.54) is 17.3 Å². The van der Waals surface area contributed by atoms with E-state index in [9.17, 15) is 14.0 Å². The Morgan fingerprint density at radius 1 is 1.03 bits per heavy atom. The molecule has 2 aliphatic carbocycles. The highest BCUT2D eigenvalue weighted by Crippen LogP contribution is 2.33. The van der Waals surface area contributed by atoms with E-state index in [1.54, 1.807) is 30.2 Å². The molecule has 2 aliphatic rings. The minimum atomic E-state index is -0.803. The second-order valence-electron chi connectivity index (χ2n) is 10.4. The largest absolute Gasteiger partial charge is 0.497 e. The summed E-state index contributed by atoms with van der Waals surface area (Å²) in [4.78, 5) is 30.8. The molecule has 5 rings (SSSR count). The molecule has 2 saturated carbocycles. The quantitative estimate of drug-likeness (QED) is 0.435. The number of carbonyl (C=O) groups excluding carboxylic acids is 2. The molecule has 3 aromatic rings. The van der Waals surface area contributed by atoms with Crippen LogP contribution in [0.1, 0.15) is 69.4 Å². The van der Waals surface area contributed by atoms with Crippen LogP contribution >= 0.6 is 0 Å². The summed E-state index contributed by atoms with van der Waals surface area (Å²) < 4.78 is 19.6. The highest BCUT2D eigenvalue weighted by molar-refractivity contribution is 5.89. The smallest absolute Gasteiger partial charge is 0.247 e. The van der Waals surface area contributed by atoms with Crippen LogP contribution in [-0.4, -0.2) is 56.1 Å². The van der Waals surface area contributed by atoms with Gasteiger partial charge in [-0.2, -0.15) is 4.80 Å². The van der Waals surface area contributed by atoms with Gasteiger partial charge in [-0.1, -0.05) is 56.4 Å².